The van der Waals surface area contributed by atoms with Crippen molar-refractivity contribution in [2.24, 2.45) is 5.90 Å². The van der Waals surface area contributed by atoms with E-state index in [0.29, 0.717) is 0 Å². The molecule has 14 nitrogen and oxygen atoms in total. The minimum absolute atomic E-state index is 0. The fourth-order valence-electron chi connectivity index (χ4n) is 0. The third-order valence-corrected chi connectivity index (χ3v) is 0. The Morgan fingerprint density at radius 1 is 0.667 bits per heavy atom. The summed E-state index contributed by atoms with van der Waals surface area (Å²) in [6.45, 7) is 0. The maximum atomic E-state index is 8.25. The summed E-state index contributed by atoms with van der Waals surface area (Å²) in [4.78, 5) is 24.8. The van der Waals surface area contributed by atoms with Crippen molar-refractivity contribution in [1.29, 1.82) is 0 Å². The fraction of sp³-hybridized carbons (Fsp3) is 0. The van der Waals surface area contributed by atoms with Crippen molar-refractivity contribution in [3.8, 4) is 0 Å². The van der Waals surface area contributed by atoms with E-state index in [1.165, 1.54) is 0 Å². The molecule has 2 radical (unpaired) electrons. The van der Waals surface area contributed by atoms with E-state index in [1.807, 2.05) is 0 Å². The summed E-state index contributed by atoms with van der Waals surface area (Å²) in [6, 6.07) is 0. The van der Waals surface area contributed by atoms with Crippen LogP contribution in [0.2, 0.25) is 0 Å². The van der Waals surface area contributed by atoms with Gasteiger partial charge in [0.2, 0.25) is 0 Å². The summed E-state index contributed by atoms with van der Waals surface area (Å²) in [5, 5.41) is 50.8. The van der Waals surface area contributed by atoms with Crippen LogP contribution >= 0.6 is 0 Å². The third kappa shape index (κ3) is 526. The molecule has 0 heterocycles. The van der Waals surface area contributed by atoms with Crippen molar-refractivity contribution in [1.82, 2.24) is 0 Å². The second kappa shape index (κ2) is 29.4. The Morgan fingerprint density at radius 2 is 0.667 bits per heavy atom. The van der Waals surface area contributed by atoms with Gasteiger partial charge in [0.25, 0.3) is 0 Å². The summed E-state index contributed by atoms with van der Waals surface area (Å²) in [7, 11) is 0. The number of rotatable bonds is 0. The maximum absolute atomic E-state index is 8.25. The number of hydrogen-bond acceptors (Lipinski definition) is 11. The second-order valence-electron chi connectivity index (χ2n) is 0.671. The Balaban J connectivity index is -0.0000000298. The molecule has 0 atom stereocenters. The number of nitrogens with two attached hydrogens (primary N) is 1. The molecular formula is H3BiN4O10. The fourth-order valence-corrected chi connectivity index (χ4v) is 0. The summed E-state index contributed by atoms with van der Waals surface area (Å²) in [6.07, 6.45) is 0. The Labute approximate surface area is 98.9 Å². The molecule has 15 heteroatoms. The van der Waals surface area contributed by atoms with E-state index in [2.05, 4.69) is 5.90 Å². The van der Waals surface area contributed by atoms with Gasteiger partial charge in [-0.1, -0.05) is 0 Å². The van der Waals surface area contributed by atoms with Gasteiger partial charge in [0.15, 0.2) is 0 Å². The Kier molecular flexibility index (Phi) is 57.3. The van der Waals surface area contributed by atoms with Crippen molar-refractivity contribution in [3.05, 3.63) is 46.0 Å². The average molecular weight is 428 g/mol. The zero-order valence-electron chi connectivity index (χ0n) is 6.49. The molecule has 0 aliphatic heterocycles. The van der Waals surface area contributed by atoms with Crippen LogP contribution in [0.15, 0.2) is 0 Å². The molecule has 0 bridgehead atoms. The van der Waals surface area contributed by atoms with Gasteiger partial charge < -0.3 is 51.2 Å². The predicted octanol–water partition coefficient (Wildman–Crippen LogP) is -1.76. The Hall–Kier alpha value is -1.60. The minimum atomic E-state index is -1.75. The first-order valence-corrected chi connectivity index (χ1v) is 1.90. The largest absolute Gasteiger partial charge is 3.00 e. The van der Waals surface area contributed by atoms with Crippen LogP contribution in [0.1, 0.15) is 0 Å². The molecule has 0 aliphatic rings. The smallest absolute Gasteiger partial charge is 0.356 e. The number of nitrogens with zero attached hydrogens (tertiary/aromatic N) is 3. The van der Waals surface area contributed by atoms with E-state index in [4.69, 9.17) is 51.2 Å². The summed E-state index contributed by atoms with van der Waals surface area (Å²) in [5.74, 6) is 3.50. The van der Waals surface area contributed by atoms with Crippen LogP contribution in [0.4, 0.5) is 0 Å². The van der Waals surface area contributed by atoms with Crippen molar-refractivity contribution in [2.45, 2.75) is 0 Å². The summed E-state index contributed by atoms with van der Waals surface area (Å²) in [5.41, 5.74) is 0. The molecule has 0 saturated carbocycles. The quantitative estimate of drug-likeness (QED) is 0.248. The van der Waals surface area contributed by atoms with Crippen molar-refractivity contribution >= 4 is 26.2 Å². The van der Waals surface area contributed by atoms with Gasteiger partial charge >= 0.3 is 26.2 Å². The van der Waals surface area contributed by atoms with Crippen molar-refractivity contribution in [2.75, 3.05) is 0 Å². The van der Waals surface area contributed by atoms with Crippen LogP contribution in [0, 0.1) is 46.0 Å². The van der Waals surface area contributed by atoms with Crippen LogP contribution in [-0.2, 0) is 0 Å². The molecule has 88 valence electrons. The average Bonchev–Trinajstić information content (AvgIpc) is 1.86. The van der Waals surface area contributed by atoms with Crippen molar-refractivity contribution in [3.63, 3.8) is 0 Å². The molecule has 0 aliphatic carbocycles. The van der Waals surface area contributed by atoms with Gasteiger partial charge in [-0.05, 0) is 0 Å². The molecule has 0 fully saturated rings. The molecule has 0 aromatic heterocycles. The molecule has 15 heavy (non-hydrogen) atoms. The van der Waals surface area contributed by atoms with Gasteiger partial charge in [-0.2, -0.15) is 0 Å². The Bertz CT molecular complexity index is 115. The monoisotopic (exact) mass is 428 g/mol. The predicted molar refractivity (Wildman–Crippen MR) is 42.8 cm³/mol. The van der Waals surface area contributed by atoms with Gasteiger partial charge in [0.05, 0.1) is 15.3 Å². The first kappa shape index (κ1) is 29.2. The van der Waals surface area contributed by atoms with E-state index >= 15 is 0 Å². The van der Waals surface area contributed by atoms with E-state index in [9.17, 15) is 0 Å². The molecular weight excluding hydrogens is 425 g/mol. The van der Waals surface area contributed by atoms with E-state index < -0.39 is 15.3 Å². The normalized spacial score (nSPS) is 5.20. The van der Waals surface area contributed by atoms with Gasteiger partial charge in [-0.25, -0.2) is 5.90 Å². The maximum Gasteiger partial charge on any atom is 3.00 e. The van der Waals surface area contributed by atoms with Crippen LogP contribution in [0.25, 0.3) is 0 Å². The molecule has 0 amide bonds. The topological polar surface area (TPSA) is 245 Å². The van der Waals surface area contributed by atoms with Crippen LogP contribution in [0.5, 0.6) is 0 Å². The first-order valence-electron chi connectivity index (χ1n) is 1.90. The van der Waals surface area contributed by atoms with E-state index in [1.54, 1.807) is 0 Å². The third-order valence-electron chi connectivity index (χ3n) is 0. The molecule has 0 saturated heterocycles. The van der Waals surface area contributed by atoms with Crippen LogP contribution in [-0.4, -0.2) is 46.7 Å². The van der Waals surface area contributed by atoms with Gasteiger partial charge in [-0.15, -0.1) is 0 Å². The van der Waals surface area contributed by atoms with Crippen LogP contribution < -0.4 is 5.90 Å². The standard InChI is InChI=1S/Bi.3NO3.H3NO/c;3*2-1(3)4;1-2/h;;;;2H,1H2/q+3;3*-1;. The molecule has 0 aromatic rings. The Morgan fingerprint density at radius 3 is 0.667 bits per heavy atom. The van der Waals surface area contributed by atoms with E-state index in [0.717, 1.165) is 0 Å². The van der Waals surface area contributed by atoms with Gasteiger partial charge in [0.1, 0.15) is 0 Å². The number of hydrogen-bond donors (Lipinski definition) is 2. The molecule has 0 spiro atoms. The van der Waals surface area contributed by atoms with Gasteiger partial charge in [0, 0.05) is 0 Å². The zero-order chi connectivity index (χ0) is 12.7. The SMILES string of the molecule is NO.O=[N+]([O-])[O-].O=[N+]([O-])[O-].O=[N+]([O-])[O-].[Bi+3]. The summed E-state index contributed by atoms with van der Waals surface area (Å²) < 4.78 is 0. The van der Waals surface area contributed by atoms with Crippen molar-refractivity contribution < 1.29 is 20.5 Å². The summed E-state index contributed by atoms with van der Waals surface area (Å²) >= 11 is 0. The minimum Gasteiger partial charge on any atom is -0.356 e. The first-order chi connectivity index (χ1) is 6.20. The zero-order valence-corrected chi connectivity index (χ0v) is 9.96. The van der Waals surface area contributed by atoms with E-state index in [-0.39, 0.29) is 26.2 Å². The molecule has 0 rings (SSSR count). The molecule has 0 aromatic carbocycles. The second-order valence-corrected chi connectivity index (χ2v) is 0.671. The molecule has 3 N–H and O–H groups in total. The van der Waals surface area contributed by atoms with Crippen LogP contribution in [0.3, 0.4) is 0 Å². The van der Waals surface area contributed by atoms with Gasteiger partial charge in [-0.3, -0.25) is 0 Å². The molecule has 0 unspecified atom stereocenters.